The van der Waals surface area contributed by atoms with E-state index in [1.165, 1.54) is 28.6 Å². The second kappa shape index (κ2) is 9.25. The summed E-state index contributed by atoms with van der Waals surface area (Å²) >= 11 is 3.28. The number of nitrogens with one attached hydrogen (secondary N) is 2. The van der Waals surface area contributed by atoms with E-state index in [-0.39, 0.29) is 35.8 Å². The first-order valence-corrected chi connectivity index (χ1v) is 11.5. The smallest absolute Gasteiger partial charge is 0.269 e. The molecule has 1 saturated heterocycles. The van der Waals surface area contributed by atoms with Crippen molar-refractivity contribution in [3.63, 3.8) is 0 Å². The zero-order valence-corrected chi connectivity index (χ0v) is 18.9. The minimum Gasteiger partial charge on any atom is -0.373 e. The molecule has 0 bridgehead atoms. The van der Waals surface area contributed by atoms with Gasteiger partial charge in [0.25, 0.3) is 11.8 Å². The molecule has 0 spiro atoms. The molecule has 0 aromatic heterocycles. The molecule has 2 aromatic rings. The van der Waals surface area contributed by atoms with Crippen LogP contribution in [0.3, 0.4) is 0 Å². The van der Waals surface area contributed by atoms with Gasteiger partial charge in [0.2, 0.25) is 10.0 Å². The normalized spacial score (nSPS) is 19.8. The zero-order valence-electron chi connectivity index (χ0n) is 16.5. The molecule has 2 aromatic carbocycles. The number of rotatable bonds is 4. The van der Waals surface area contributed by atoms with Crippen molar-refractivity contribution in [1.82, 2.24) is 15.2 Å². The van der Waals surface area contributed by atoms with Gasteiger partial charge in [0.15, 0.2) is 0 Å². The van der Waals surface area contributed by atoms with Crippen molar-refractivity contribution < 1.29 is 22.7 Å². The van der Waals surface area contributed by atoms with E-state index in [4.69, 9.17) is 4.74 Å². The molecule has 1 fully saturated rings. The highest BCUT2D eigenvalue weighted by Crippen LogP contribution is 2.21. The number of morpholine rings is 1. The summed E-state index contributed by atoms with van der Waals surface area (Å²) in [6.07, 6.45) is -0.383. The Bertz CT molecular complexity index is 1020. The van der Waals surface area contributed by atoms with E-state index in [0.29, 0.717) is 5.56 Å². The minimum absolute atomic E-state index is 0.0965. The second-order valence-electron chi connectivity index (χ2n) is 7.02. The second-order valence-corrected chi connectivity index (χ2v) is 9.87. The van der Waals surface area contributed by atoms with Gasteiger partial charge in [-0.3, -0.25) is 20.4 Å². The lowest BCUT2D eigenvalue weighted by Gasteiger charge is -2.34. The minimum atomic E-state index is -3.69. The summed E-state index contributed by atoms with van der Waals surface area (Å²) in [5.74, 6) is -1.02. The quantitative estimate of drug-likeness (QED) is 0.633. The van der Waals surface area contributed by atoms with Gasteiger partial charge in [-0.05, 0) is 62.4 Å². The van der Waals surface area contributed by atoms with Gasteiger partial charge in [-0.25, -0.2) is 8.42 Å². The predicted octanol–water partition coefficient (Wildman–Crippen LogP) is 2.32. The summed E-state index contributed by atoms with van der Waals surface area (Å²) in [6, 6.07) is 12.2. The Kier molecular flexibility index (Phi) is 6.91. The van der Waals surface area contributed by atoms with Crippen molar-refractivity contribution in [3.05, 3.63) is 64.1 Å². The molecule has 1 heterocycles. The fourth-order valence-corrected chi connectivity index (χ4v) is 4.97. The average Bonchev–Trinajstić information content (AvgIpc) is 2.71. The Hall–Kier alpha value is -2.27. The standard InChI is InChI=1S/C20H22BrN3O5S/c1-13-11-24(12-14(2)29-13)30(27,28)18-9-5-16(6-10-18)20(26)23-22-19(25)15-3-7-17(21)8-4-15/h3-10,13-14H,11-12H2,1-2H3,(H,22,25)(H,23,26)/t13-,14-/m1/s1. The van der Waals surface area contributed by atoms with Crippen LogP contribution in [0.15, 0.2) is 57.9 Å². The van der Waals surface area contributed by atoms with Gasteiger partial charge >= 0.3 is 0 Å². The summed E-state index contributed by atoms with van der Waals surface area (Å²) in [7, 11) is -3.69. The largest absolute Gasteiger partial charge is 0.373 e. The molecule has 160 valence electrons. The Labute approximate surface area is 183 Å². The summed E-state index contributed by atoms with van der Waals surface area (Å²) < 4.78 is 33.5. The molecule has 0 aliphatic carbocycles. The van der Waals surface area contributed by atoms with Crippen LogP contribution in [0.5, 0.6) is 0 Å². The number of nitrogens with zero attached hydrogens (tertiary/aromatic N) is 1. The van der Waals surface area contributed by atoms with Gasteiger partial charge in [-0.15, -0.1) is 0 Å². The molecule has 2 amide bonds. The number of carbonyl (C=O) groups excluding carboxylic acids is 2. The van der Waals surface area contributed by atoms with E-state index in [0.717, 1.165) is 4.47 Å². The third-order valence-electron chi connectivity index (χ3n) is 4.54. The van der Waals surface area contributed by atoms with Gasteiger partial charge in [0.1, 0.15) is 0 Å². The average molecular weight is 496 g/mol. The lowest BCUT2D eigenvalue weighted by atomic mass is 10.2. The molecule has 0 saturated carbocycles. The van der Waals surface area contributed by atoms with Crippen LogP contribution in [-0.4, -0.2) is 49.8 Å². The molecule has 0 radical (unpaired) electrons. The van der Waals surface area contributed by atoms with Gasteiger partial charge < -0.3 is 4.74 Å². The lowest BCUT2D eigenvalue weighted by Crippen LogP contribution is -2.48. The maximum atomic E-state index is 12.9. The monoisotopic (exact) mass is 495 g/mol. The van der Waals surface area contributed by atoms with Crippen molar-refractivity contribution in [2.24, 2.45) is 0 Å². The van der Waals surface area contributed by atoms with Crippen molar-refractivity contribution in [2.45, 2.75) is 31.0 Å². The molecule has 10 heteroatoms. The molecule has 1 aliphatic rings. The molecule has 2 N–H and O–H groups in total. The summed E-state index contributed by atoms with van der Waals surface area (Å²) in [5.41, 5.74) is 5.25. The number of halogens is 1. The predicted molar refractivity (Wildman–Crippen MR) is 114 cm³/mol. The maximum Gasteiger partial charge on any atom is 0.269 e. The highest BCUT2D eigenvalue weighted by molar-refractivity contribution is 9.10. The summed E-state index contributed by atoms with van der Waals surface area (Å²) in [6.45, 7) is 4.20. The van der Waals surface area contributed by atoms with Crippen LogP contribution >= 0.6 is 15.9 Å². The van der Waals surface area contributed by atoms with Gasteiger partial charge in [0.05, 0.1) is 17.1 Å². The van der Waals surface area contributed by atoms with Crippen molar-refractivity contribution >= 4 is 37.8 Å². The third kappa shape index (κ3) is 5.25. The highest BCUT2D eigenvalue weighted by atomic mass is 79.9. The van der Waals surface area contributed by atoms with E-state index in [9.17, 15) is 18.0 Å². The fraction of sp³-hybridized carbons (Fsp3) is 0.300. The van der Waals surface area contributed by atoms with Crippen LogP contribution < -0.4 is 10.9 Å². The van der Waals surface area contributed by atoms with Crippen LogP contribution in [0.4, 0.5) is 0 Å². The van der Waals surface area contributed by atoms with Crippen molar-refractivity contribution in [1.29, 1.82) is 0 Å². The van der Waals surface area contributed by atoms with Gasteiger partial charge in [0, 0.05) is 28.7 Å². The highest BCUT2D eigenvalue weighted by Gasteiger charge is 2.32. The number of hydrogen-bond donors (Lipinski definition) is 2. The molecule has 0 unspecified atom stereocenters. The first-order valence-electron chi connectivity index (χ1n) is 9.29. The molecule has 30 heavy (non-hydrogen) atoms. The van der Waals surface area contributed by atoms with Crippen LogP contribution in [-0.2, 0) is 14.8 Å². The molecule has 3 rings (SSSR count). The summed E-state index contributed by atoms with van der Waals surface area (Å²) in [4.78, 5) is 24.4. The number of carbonyl (C=O) groups is 2. The van der Waals surface area contributed by atoms with Gasteiger partial charge in [-0.1, -0.05) is 15.9 Å². The van der Waals surface area contributed by atoms with E-state index in [1.54, 1.807) is 24.3 Å². The molecular formula is C20H22BrN3O5S. The molecule has 8 nitrogen and oxygen atoms in total. The number of benzene rings is 2. The summed E-state index contributed by atoms with van der Waals surface area (Å²) in [5, 5.41) is 0. The first kappa shape index (κ1) is 22.4. The van der Waals surface area contributed by atoms with E-state index >= 15 is 0 Å². The number of amides is 2. The van der Waals surface area contributed by atoms with Crippen LogP contribution in [0.2, 0.25) is 0 Å². The Balaban J connectivity index is 1.64. The van der Waals surface area contributed by atoms with Crippen LogP contribution in [0.25, 0.3) is 0 Å². The molecular weight excluding hydrogens is 474 g/mol. The molecule has 2 atom stereocenters. The maximum absolute atomic E-state index is 12.9. The van der Waals surface area contributed by atoms with Crippen LogP contribution in [0, 0.1) is 0 Å². The SMILES string of the molecule is C[C@@H]1CN(S(=O)(=O)c2ccc(C(=O)NNC(=O)c3ccc(Br)cc3)cc2)C[C@@H](C)O1. The lowest BCUT2D eigenvalue weighted by molar-refractivity contribution is -0.0440. The Morgan fingerprint density at radius 1 is 0.900 bits per heavy atom. The number of hydrogen-bond acceptors (Lipinski definition) is 5. The third-order valence-corrected chi connectivity index (χ3v) is 6.91. The Morgan fingerprint density at radius 2 is 1.33 bits per heavy atom. The van der Waals surface area contributed by atoms with E-state index in [2.05, 4.69) is 26.8 Å². The Morgan fingerprint density at radius 3 is 1.80 bits per heavy atom. The van der Waals surface area contributed by atoms with Crippen LogP contribution in [0.1, 0.15) is 34.6 Å². The van der Waals surface area contributed by atoms with E-state index < -0.39 is 21.8 Å². The van der Waals surface area contributed by atoms with E-state index in [1.807, 2.05) is 13.8 Å². The topological polar surface area (TPSA) is 105 Å². The number of ether oxygens (including phenoxy) is 1. The van der Waals surface area contributed by atoms with Gasteiger partial charge in [-0.2, -0.15) is 4.31 Å². The fourth-order valence-electron chi connectivity index (χ4n) is 3.11. The van der Waals surface area contributed by atoms with Crippen molar-refractivity contribution in [3.8, 4) is 0 Å². The molecule has 1 aliphatic heterocycles. The zero-order chi connectivity index (χ0) is 21.9. The number of hydrazine groups is 1. The first-order chi connectivity index (χ1) is 14.2. The number of sulfonamides is 1. The van der Waals surface area contributed by atoms with Crippen molar-refractivity contribution in [2.75, 3.05) is 13.1 Å².